The third-order valence-corrected chi connectivity index (χ3v) is 3.45. The Kier molecular flexibility index (Phi) is 3.61. The average Bonchev–Trinajstić information content (AvgIpc) is 2.56. The van der Waals surface area contributed by atoms with E-state index in [1.807, 2.05) is 54.6 Å². The Morgan fingerprint density at radius 2 is 1.62 bits per heavy atom. The lowest BCUT2D eigenvalue weighted by atomic mass is 9.95. The van der Waals surface area contributed by atoms with E-state index in [-0.39, 0.29) is 5.78 Å². The van der Waals surface area contributed by atoms with Crippen LogP contribution in [0.4, 0.5) is 0 Å². The van der Waals surface area contributed by atoms with Gasteiger partial charge in [-0.2, -0.15) is 0 Å². The lowest BCUT2D eigenvalue weighted by molar-refractivity contribution is 0.101. The largest absolute Gasteiger partial charge is 0.295 e. The molecule has 1 aromatic heterocycles. The summed E-state index contributed by atoms with van der Waals surface area (Å²) >= 11 is 0. The summed E-state index contributed by atoms with van der Waals surface area (Å²) in [6.07, 6.45) is 1.79. The topological polar surface area (TPSA) is 30.0 Å². The molecule has 0 N–H and O–H groups in total. The van der Waals surface area contributed by atoms with Crippen LogP contribution in [0.15, 0.2) is 72.9 Å². The Labute approximate surface area is 124 Å². The first kappa shape index (κ1) is 13.3. The number of carbonyl (C=O) groups is 1. The Balaban J connectivity index is 2.16. The second-order valence-electron chi connectivity index (χ2n) is 4.90. The SMILES string of the molecule is CC(=O)c1cccc(-c2ccccc2-c2ccccn2)c1. The van der Waals surface area contributed by atoms with Crippen LogP contribution in [0.3, 0.4) is 0 Å². The molecule has 21 heavy (non-hydrogen) atoms. The van der Waals surface area contributed by atoms with E-state index in [9.17, 15) is 4.79 Å². The fraction of sp³-hybridized carbons (Fsp3) is 0.0526. The van der Waals surface area contributed by atoms with Crippen molar-refractivity contribution < 1.29 is 4.79 Å². The average molecular weight is 273 g/mol. The van der Waals surface area contributed by atoms with Crippen LogP contribution in [-0.2, 0) is 0 Å². The van der Waals surface area contributed by atoms with Crippen LogP contribution < -0.4 is 0 Å². The highest BCUT2D eigenvalue weighted by Gasteiger charge is 2.09. The fourth-order valence-corrected chi connectivity index (χ4v) is 2.39. The summed E-state index contributed by atoms with van der Waals surface area (Å²) in [5, 5.41) is 0. The minimum atomic E-state index is 0.0761. The van der Waals surface area contributed by atoms with E-state index < -0.39 is 0 Å². The van der Waals surface area contributed by atoms with Crippen molar-refractivity contribution in [2.24, 2.45) is 0 Å². The van der Waals surface area contributed by atoms with Crippen LogP contribution in [0, 0.1) is 0 Å². The Morgan fingerprint density at radius 3 is 2.33 bits per heavy atom. The third-order valence-electron chi connectivity index (χ3n) is 3.45. The smallest absolute Gasteiger partial charge is 0.159 e. The van der Waals surface area contributed by atoms with Gasteiger partial charge in [0.1, 0.15) is 0 Å². The van der Waals surface area contributed by atoms with Crippen molar-refractivity contribution in [3.63, 3.8) is 0 Å². The molecule has 0 bridgehead atoms. The van der Waals surface area contributed by atoms with Gasteiger partial charge in [-0.05, 0) is 36.2 Å². The summed E-state index contributed by atoms with van der Waals surface area (Å²) in [4.78, 5) is 16.0. The molecular formula is C19H15NO. The van der Waals surface area contributed by atoms with Gasteiger partial charge in [0, 0.05) is 17.3 Å². The van der Waals surface area contributed by atoms with Gasteiger partial charge in [-0.1, -0.05) is 48.5 Å². The van der Waals surface area contributed by atoms with Crippen LogP contribution in [0.1, 0.15) is 17.3 Å². The molecule has 2 aromatic carbocycles. The molecule has 0 saturated heterocycles. The molecule has 3 aromatic rings. The standard InChI is InChI=1S/C19H15NO/c1-14(21)15-7-6-8-16(13-15)17-9-2-3-10-18(17)19-11-4-5-12-20-19/h2-13H,1H3. The van der Waals surface area contributed by atoms with Gasteiger partial charge in [0.05, 0.1) is 5.69 Å². The maximum Gasteiger partial charge on any atom is 0.159 e. The van der Waals surface area contributed by atoms with Crippen molar-refractivity contribution >= 4 is 5.78 Å². The van der Waals surface area contributed by atoms with E-state index in [1.165, 1.54) is 0 Å². The number of carbonyl (C=O) groups excluding carboxylic acids is 1. The molecule has 0 saturated carbocycles. The second kappa shape index (κ2) is 5.71. The summed E-state index contributed by atoms with van der Waals surface area (Å²) in [5.74, 6) is 0.0761. The predicted molar refractivity (Wildman–Crippen MR) is 85.1 cm³/mol. The zero-order valence-electron chi connectivity index (χ0n) is 11.8. The first-order valence-corrected chi connectivity index (χ1v) is 6.87. The summed E-state index contributed by atoms with van der Waals surface area (Å²) in [6.45, 7) is 1.59. The Bertz CT molecular complexity index is 778. The lowest BCUT2D eigenvalue weighted by Crippen LogP contribution is -1.93. The molecule has 0 atom stereocenters. The van der Waals surface area contributed by atoms with Crippen LogP contribution in [0.25, 0.3) is 22.4 Å². The Hall–Kier alpha value is -2.74. The third kappa shape index (κ3) is 2.75. The molecule has 0 unspecified atom stereocenters. The summed E-state index contributed by atoms with van der Waals surface area (Å²) in [5.41, 5.74) is 4.84. The molecule has 0 aliphatic heterocycles. The highest BCUT2D eigenvalue weighted by molar-refractivity contribution is 5.96. The number of benzene rings is 2. The maximum atomic E-state index is 11.6. The van der Waals surface area contributed by atoms with E-state index in [0.717, 1.165) is 27.9 Å². The second-order valence-corrected chi connectivity index (χ2v) is 4.90. The summed E-state index contributed by atoms with van der Waals surface area (Å²) < 4.78 is 0. The number of pyridine rings is 1. The van der Waals surface area contributed by atoms with Gasteiger partial charge in [-0.25, -0.2) is 0 Å². The zero-order chi connectivity index (χ0) is 14.7. The molecule has 0 radical (unpaired) electrons. The van der Waals surface area contributed by atoms with E-state index in [0.29, 0.717) is 0 Å². The van der Waals surface area contributed by atoms with Gasteiger partial charge in [-0.3, -0.25) is 9.78 Å². The van der Waals surface area contributed by atoms with Gasteiger partial charge in [0.15, 0.2) is 5.78 Å². The number of Topliss-reactive ketones (excluding diaryl/α,β-unsaturated/α-hetero) is 1. The number of aromatic nitrogens is 1. The molecule has 0 amide bonds. The van der Waals surface area contributed by atoms with Gasteiger partial charge in [0.25, 0.3) is 0 Å². The van der Waals surface area contributed by atoms with Crippen LogP contribution in [0.2, 0.25) is 0 Å². The number of hydrogen-bond donors (Lipinski definition) is 0. The van der Waals surface area contributed by atoms with E-state index in [4.69, 9.17) is 0 Å². The van der Waals surface area contributed by atoms with Gasteiger partial charge in [0.2, 0.25) is 0 Å². The Morgan fingerprint density at radius 1 is 0.857 bits per heavy atom. The molecule has 3 rings (SSSR count). The minimum Gasteiger partial charge on any atom is -0.295 e. The van der Waals surface area contributed by atoms with Crippen LogP contribution in [0.5, 0.6) is 0 Å². The van der Waals surface area contributed by atoms with Crippen molar-refractivity contribution in [1.29, 1.82) is 0 Å². The number of rotatable bonds is 3. The number of ketones is 1. The highest BCUT2D eigenvalue weighted by atomic mass is 16.1. The van der Waals surface area contributed by atoms with E-state index in [2.05, 4.69) is 17.1 Å². The highest BCUT2D eigenvalue weighted by Crippen LogP contribution is 2.31. The van der Waals surface area contributed by atoms with Crippen molar-refractivity contribution in [1.82, 2.24) is 4.98 Å². The number of nitrogens with zero attached hydrogens (tertiary/aromatic N) is 1. The molecule has 0 aliphatic carbocycles. The van der Waals surface area contributed by atoms with Crippen molar-refractivity contribution in [3.8, 4) is 22.4 Å². The van der Waals surface area contributed by atoms with E-state index in [1.54, 1.807) is 13.1 Å². The minimum absolute atomic E-state index is 0.0761. The van der Waals surface area contributed by atoms with Crippen molar-refractivity contribution in [3.05, 3.63) is 78.5 Å². The molecule has 2 heteroatoms. The molecule has 0 spiro atoms. The normalized spacial score (nSPS) is 10.3. The summed E-state index contributed by atoms with van der Waals surface area (Å²) in [7, 11) is 0. The maximum absolute atomic E-state index is 11.6. The van der Waals surface area contributed by atoms with Crippen LogP contribution >= 0.6 is 0 Å². The monoisotopic (exact) mass is 273 g/mol. The predicted octanol–water partition coefficient (Wildman–Crippen LogP) is 4.62. The molecule has 0 fully saturated rings. The first-order chi connectivity index (χ1) is 10.3. The zero-order valence-corrected chi connectivity index (χ0v) is 11.8. The lowest BCUT2D eigenvalue weighted by Gasteiger charge is -2.10. The fourth-order valence-electron chi connectivity index (χ4n) is 2.39. The van der Waals surface area contributed by atoms with Crippen LogP contribution in [-0.4, -0.2) is 10.8 Å². The van der Waals surface area contributed by atoms with Gasteiger partial charge in [-0.15, -0.1) is 0 Å². The summed E-state index contributed by atoms with van der Waals surface area (Å²) in [6, 6.07) is 21.7. The van der Waals surface area contributed by atoms with Crippen molar-refractivity contribution in [2.45, 2.75) is 6.92 Å². The van der Waals surface area contributed by atoms with Gasteiger partial charge < -0.3 is 0 Å². The first-order valence-electron chi connectivity index (χ1n) is 6.87. The molecule has 1 heterocycles. The van der Waals surface area contributed by atoms with Crippen molar-refractivity contribution in [2.75, 3.05) is 0 Å². The molecule has 102 valence electrons. The quantitative estimate of drug-likeness (QED) is 0.652. The molecule has 2 nitrogen and oxygen atoms in total. The molecule has 0 aliphatic rings. The van der Waals surface area contributed by atoms with Gasteiger partial charge >= 0.3 is 0 Å². The number of hydrogen-bond acceptors (Lipinski definition) is 2. The van der Waals surface area contributed by atoms with E-state index >= 15 is 0 Å². The molecular weight excluding hydrogens is 258 g/mol.